The summed E-state index contributed by atoms with van der Waals surface area (Å²) in [5, 5.41) is 0. The second-order valence-corrected chi connectivity index (χ2v) is 7.12. The van der Waals surface area contributed by atoms with Crippen LogP contribution in [0.5, 0.6) is 0 Å². The Morgan fingerprint density at radius 1 is 1.30 bits per heavy atom. The molecule has 1 unspecified atom stereocenters. The quantitative estimate of drug-likeness (QED) is 0.741. The van der Waals surface area contributed by atoms with Gasteiger partial charge in [-0.15, -0.1) is 6.42 Å². The summed E-state index contributed by atoms with van der Waals surface area (Å²) in [6, 6.07) is -0.453. The summed E-state index contributed by atoms with van der Waals surface area (Å²) in [5.41, 5.74) is 5.92. The molecule has 4 fully saturated rings. The van der Waals surface area contributed by atoms with Crippen molar-refractivity contribution in [3.63, 3.8) is 0 Å². The van der Waals surface area contributed by atoms with E-state index < -0.39 is 0 Å². The summed E-state index contributed by atoms with van der Waals surface area (Å²) in [5.74, 6) is 5.84. The van der Waals surface area contributed by atoms with Crippen molar-refractivity contribution in [2.45, 2.75) is 50.6 Å². The first-order chi connectivity index (χ1) is 9.57. The molecular formula is C16H21N3O. The molecule has 4 bridgehead atoms. The second kappa shape index (κ2) is 3.78. The van der Waals surface area contributed by atoms with Gasteiger partial charge in [-0.3, -0.25) is 4.90 Å². The lowest BCUT2D eigenvalue weighted by Crippen LogP contribution is -2.70. The Hall–Kier alpha value is -1.50. The van der Waals surface area contributed by atoms with Crippen LogP contribution >= 0.6 is 0 Å². The first kappa shape index (κ1) is 12.3. The van der Waals surface area contributed by atoms with Crippen LogP contribution < -0.4 is 5.73 Å². The van der Waals surface area contributed by atoms with Crippen molar-refractivity contribution in [1.82, 2.24) is 4.90 Å². The normalized spacial score (nSPS) is 46.7. The van der Waals surface area contributed by atoms with Gasteiger partial charge in [-0.25, -0.2) is 4.79 Å². The molecule has 2 N–H and O–H groups in total. The number of hydrogen-bond acceptors (Lipinski definition) is 2. The number of carbonyl (C=O) groups excluding carboxylic acids is 1. The van der Waals surface area contributed by atoms with Crippen LogP contribution in [0.3, 0.4) is 0 Å². The molecule has 1 atom stereocenters. The maximum atomic E-state index is 12.3. The largest absolute Gasteiger partial charge is 0.385 e. The number of aliphatic imine (C=N–C) groups is 1. The fourth-order valence-electron chi connectivity index (χ4n) is 5.80. The van der Waals surface area contributed by atoms with E-state index >= 15 is 0 Å². The minimum atomic E-state index is -0.365. The van der Waals surface area contributed by atoms with Crippen LogP contribution in [0.2, 0.25) is 0 Å². The fraction of sp³-hybridized carbons (Fsp3) is 0.750. The monoisotopic (exact) mass is 271 g/mol. The number of amidine groups is 1. The average Bonchev–Trinajstić information content (AvgIpc) is 2.66. The molecule has 5 aliphatic rings. The smallest absolute Gasteiger partial charge is 0.347 e. The zero-order chi connectivity index (χ0) is 14.1. The number of nitrogens with two attached hydrogens (primary N) is 1. The molecule has 0 radical (unpaired) electrons. The fourth-order valence-corrected chi connectivity index (χ4v) is 5.80. The molecule has 20 heavy (non-hydrogen) atoms. The molecule has 106 valence electrons. The Morgan fingerprint density at radius 2 is 1.85 bits per heavy atom. The summed E-state index contributed by atoms with van der Waals surface area (Å²) in [4.78, 5) is 18.3. The topological polar surface area (TPSA) is 58.7 Å². The molecular weight excluding hydrogens is 250 g/mol. The summed E-state index contributed by atoms with van der Waals surface area (Å²) < 4.78 is 0. The number of amides is 2. The standard InChI is InChI=1S/C16H21N3O/c1-3-9(2)19-15(20)18-14(17)16(19)12-5-10-4-11(7-12)8-13(16)6-10/h1,9-13H,4-8H2,2H3,(H2,17,18,20). The number of rotatable bonds is 1. The molecule has 0 aromatic rings. The van der Waals surface area contributed by atoms with Gasteiger partial charge in [0.25, 0.3) is 0 Å². The van der Waals surface area contributed by atoms with Gasteiger partial charge < -0.3 is 5.73 Å². The highest BCUT2D eigenvalue weighted by Crippen LogP contribution is 2.61. The van der Waals surface area contributed by atoms with E-state index in [0.29, 0.717) is 17.7 Å². The highest BCUT2D eigenvalue weighted by molar-refractivity contribution is 6.06. The van der Waals surface area contributed by atoms with Crippen LogP contribution in [-0.4, -0.2) is 28.3 Å². The predicted molar refractivity (Wildman–Crippen MR) is 76.9 cm³/mol. The Kier molecular flexibility index (Phi) is 2.32. The molecule has 0 saturated heterocycles. The maximum absolute atomic E-state index is 12.3. The first-order valence-corrected chi connectivity index (χ1v) is 7.71. The Labute approximate surface area is 119 Å². The van der Waals surface area contributed by atoms with Gasteiger partial charge in [0.05, 0.1) is 6.04 Å². The van der Waals surface area contributed by atoms with Gasteiger partial charge in [-0.1, -0.05) is 5.92 Å². The van der Waals surface area contributed by atoms with Gasteiger partial charge in [-0.05, 0) is 62.7 Å². The molecule has 1 spiro atoms. The van der Waals surface area contributed by atoms with E-state index in [1.54, 1.807) is 0 Å². The van der Waals surface area contributed by atoms with E-state index in [2.05, 4.69) is 10.9 Å². The highest BCUT2D eigenvalue weighted by Gasteiger charge is 2.65. The molecule has 4 heteroatoms. The van der Waals surface area contributed by atoms with E-state index in [9.17, 15) is 4.79 Å². The average molecular weight is 271 g/mol. The van der Waals surface area contributed by atoms with E-state index in [0.717, 1.165) is 11.8 Å². The summed E-state index contributed by atoms with van der Waals surface area (Å²) in [6.45, 7) is 1.92. The van der Waals surface area contributed by atoms with Crippen molar-refractivity contribution in [2.75, 3.05) is 0 Å². The third kappa shape index (κ3) is 1.24. The van der Waals surface area contributed by atoms with Crippen molar-refractivity contribution in [3.8, 4) is 12.3 Å². The number of terminal acetylenes is 1. The first-order valence-electron chi connectivity index (χ1n) is 7.71. The van der Waals surface area contributed by atoms with E-state index in [4.69, 9.17) is 12.2 Å². The number of hydrogen-bond donors (Lipinski definition) is 1. The van der Waals surface area contributed by atoms with Crippen LogP contribution in [-0.2, 0) is 0 Å². The number of urea groups is 1. The van der Waals surface area contributed by atoms with Crippen LogP contribution in [0.1, 0.15) is 39.0 Å². The Morgan fingerprint density at radius 3 is 2.35 bits per heavy atom. The lowest BCUT2D eigenvalue weighted by molar-refractivity contribution is -0.0819. The summed E-state index contributed by atoms with van der Waals surface area (Å²) >= 11 is 0. The minimum absolute atomic E-state index is 0.222. The lowest BCUT2D eigenvalue weighted by Gasteiger charge is -2.62. The molecule has 4 nitrogen and oxygen atoms in total. The van der Waals surface area contributed by atoms with Crippen molar-refractivity contribution >= 4 is 11.9 Å². The molecule has 0 aromatic heterocycles. The molecule has 4 saturated carbocycles. The zero-order valence-corrected chi connectivity index (χ0v) is 11.9. The van der Waals surface area contributed by atoms with Gasteiger partial charge in [0, 0.05) is 0 Å². The van der Waals surface area contributed by atoms with Crippen LogP contribution in [0.25, 0.3) is 0 Å². The van der Waals surface area contributed by atoms with Gasteiger partial charge in [0.2, 0.25) is 0 Å². The molecule has 1 heterocycles. The third-order valence-electron chi connectivity index (χ3n) is 6.24. The Balaban J connectivity index is 1.83. The predicted octanol–water partition coefficient (Wildman–Crippen LogP) is 2.00. The minimum Gasteiger partial charge on any atom is -0.385 e. The van der Waals surface area contributed by atoms with E-state index in [1.807, 2.05) is 11.8 Å². The highest BCUT2D eigenvalue weighted by atomic mass is 16.2. The molecule has 0 aromatic carbocycles. The lowest BCUT2D eigenvalue weighted by atomic mass is 9.48. The molecule has 4 aliphatic carbocycles. The molecule has 2 amide bonds. The van der Waals surface area contributed by atoms with Crippen molar-refractivity contribution in [2.24, 2.45) is 34.4 Å². The van der Waals surface area contributed by atoms with Gasteiger partial charge >= 0.3 is 6.03 Å². The van der Waals surface area contributed by atoms with Crippen molar-refractivity contribution in [3.05, 3.63) is 0 Å². The molecule has 1 aliphatic heterocycles. The molecule has 5 rings (SSSR count). The summed E-state index contributed by atoms with van der Waals surface area (Å²) in [7, 11) is 0. The van der Waals surface area contributed by atoms with Crippen LogP contribution in [0.15, 0.2) is 4.99 Å². The number of carbonyl (C=O) groups is 1. The van der Waals surface area contributed by atoms with Crippen LogP contribution in [0.4, 0.5) is 4.79 Å². The van der Waals surface area contributed by atoms with E-state index in [-0.39, 0.29) is 17.6 Å². The van der Waals surface area contributed by atoms with E-state index in [1.165, 1.54) is 32.1 Å². The summed E-state index contributed by atoms with van der Waals surface area (Å²) in [6.07, 6.45) is 11.7. The second-order valence-electron chi connectivity index (χ2n) is 7.12. The van der Waals surface area contributed by atoms with Crippen molar-refractivity contribution < 1.29 is 4.79 Å². The van der Waals surface area contributed by atoms with Crippen molar-refractivity contribution in [1.29, 1.82) is 0 Å². The van der Waals surface area contributed by atoms with Gasteiger partial charge in [0.15, 0.2) is 0 Å². The zero-order valence-electron chi connectivity index (χ0n) is 11.9. The Bertz CT molecular complexity index is 516. The van der Waals surface area contributed by atoms with Gasteiger partial charge in [0.1, 0.15) is 11.4 Å². The van der Waals surface area contributed by atoms with Gasteiger partial charge in [-0.2, -0.15) is 4.99 Å². The third-order valence-corrected chi connectivity index (χ3v) is 6.24. The van der Waals surface area contributed by atoms with Crippen LogP contribution in [0, 0.1) is 36.0 Å². The maximum Gasteiger partial charge on any atom is 0.347 e. The number of nitrogens with zero attached hydrogens (tertiary/aromatic N) is 2. The SMILES string of the molecule is C#CC(C)N1C(=O)N=C(N)C12C1CC3CC(C1)CC2C3.